The molecular formula is C17H25N3O4. The average Bonchev–Trinajstić information content (AvgIpc) is 3.21. The molecule has 1 aromatic rings. The number of fused-ring (bicyclic) bond motifs is 1. The number of carbonyl (C=O) groups excluding carboxylic acids is 1. The Morgan fingerprint density at radius 2 is 2.25 bits per heavy atom. The van der Waals surface area contributed by atoms with E-state index in [-0.39, 0.29) is 11.8 Å². The van der Waals surface area contributed by atoms with Crippen LogP contribution in [0.15, 0.2) is 4.52 Å². The van der Waals surface area contributed by atoms with Crippen LogP contribution in [0, 0.1) is 11.3 Å². The highest BCUT2D eigenvalue weighted by atomic mass is 16.5. The van der Waals surface area contributed by atoms with Crippen LogP contribution in [0.2, 0.25) is 0 Å². The topological polar surface area (TPSA) is 96.5 Å². The molecule has 2 atom stereocenters. The number of aliphatic carboxylic acids is 1. The second kappa shape index (κ2) is 6.91. The number of nitrogens with zero attached hydrogens (tertiary/aromatic N) is 3. The van der Waals surface area contributed by atoms with E-state index < -0.39 is 11.4 Å². The molecule has 1 saturated heterocycles. The summed E-state index contributed by atoms with van der Waals surface area (Å²) in [6.07, 6.45) is 5.97. The predicted octanol–water partition coefficient (Wildman–Crippen LogP) is 2.06. The van der Waals surface area contributed by atoms with Crippen molar-refractivity contribution in [3.8, 4) is 0 Å². The molecule has 1 saturated carbocycles. The molecule has 7 nitrogen and oxygen atoms in total. The number of hydrogen-bond acceptors (Lipinski definition) is 5. The fourth-order valence-electron chi connectivity index (χ4n) is 4.09. The Morgan fingerprint density at radius 1 is 1.42 bits per heavy atom. The lowest BCUT2D eigenvalue weighted by Gasteiger charge is -2.23. The fraction of sp³-hybridized carbons (Fsp3) is 0.765. The van der Waals surface area contributed by atoms with Gasteiger partial charge in [0, 0.05) is 32.4 Å². The smallest absolute Gasteiger partial charge is 0.311 e. The van der Waals surface area contributed by atoms with E-state index in [9.17, 15) is 14.7 Å². The van der Waals surface area contributed by atoms with E-state index in [0.717, 1.165) is 31.5 Å². The zero-order valence-electron chi connectivity index (χ0n) is 14.2. The van der Waals surface area contributed by atoms with Gasteiger partial charge in [-0.05, 0) is 31.6 Å². The molecule has 0 aromatic carbocycles. The Morgan fingerprint density at radius 3 is 2.96 bits per heavy atom. The summed E-state index contributed by atoms with van der Waals surface area (Å²) in [6.45, 7) is 3.02. The van der Waals surface area contributed by atoms with Crippen LogP contribution in [0.4, 0.5) is 0 Å². The first-order valence-electron chi connectivity index (χ1n) is 8.88. The summed E-state index contributed by atoms with van der Waals surface area (Å²) >= 11 is 0. The maximum atomic E-state index is 12.4. The molecule has 7 heteroatoms. The zero-order valence-corrected chi connectivity index (χ0v) is 14.2. The number of likely N-dealkylation sites (tertiary alicyclic amines) is 1. The van der Waals surface area contributed by atoms with Gasteiger partial charge in [-0.25, -0.2) is 0 Å². The van der Waals surface area contributed by atoms with Crippen molar-refractivity contribution < 1.29 is 19.2 Å². The summed E-state index contributed by atoms with van der Waals surface area (Å²) in [7, 11) is 0. The van der Waals surface area contributed by atoms with Crippen LogP contribution < -0.4 is 0 Å². The maximum absolute atomic E-state index is 12.4. The molecule has 1 N–H and O–H groups in total. The standard InChI is InChI=1S/C17H25N3O4/c1-2-5-13-18-14(24-19-13)7-3-8-15(21)20-10-12-6-4-9-17(12,11-20)16(22)23/h12H,2-11H2,1H3,(H,22,23)/t12-,17+/m0/s1. The highest BCUT2D eigenvalue weighted by Crippen LogP contribution is 2.48. The van der Waals surface area contributed by atoms with E-state index in [2.05, 4.69) is 17.1 Å². The highest BCUT2D eigenvalue weighted by molar-refractivity contribution is 5.81. The number of carbonyl (C=O) groups is 2. The summed E-state index contributed by atoms with van der Waals surface area (Å²) < 4.78 is 5.17. The SMILES string of the molecule is CCCc1noc(CCCC(=O)N2C[C@@H]3CCC[C@@]3(C(=O)O)C2)n1. The van der Waals surface area contributed by atoms with E-state index in [4.69, 9.17) is 4.52 Å². The zero-order chi connectivity index (χ0) is 17.2. The largest absolute Gasteiger partial charge is 0.481 e. The molecule has 24 heavy (non-hydrogen) atoms. The molecule has 132 valence electrons. The van der Waals surface area contributed by atoms with Crippen molar-refractivity contribution in [1.82, 2.24) is 15.0 Å². The van der Waals surface area contributed by atoms with Gasteiger partial charge in [-0.3, -0.25) is 9.59 Å². The normalized spacial score (nSPS) is 25.9. The van der Waals surface area contributed by atoms with Crippen LogP contribution in [-0.2, 0) is 22.4 Å². The van der Waals surface area contributed by atoms with Crippen LogP contribution in [0.1, 0.15) is 57.2 Å². The van der Waals surface area contributed by atoms with Gasteiger partial charge in [0.05, 0.1) is 5.41 Å². The average molecular weight is 335 g/mol. The minimum Gasteiger partial charge on any atom is -0.481 e. The van der Waals surface area contributed by atoms with Gasteiger partial charge in [0.15, 0.2) is 5.82 Å². The van der Waals surface area contributed by atoms with Crippen molar-refractivity contribution in [2.45, 2.75) is 58.3 Å². The Kier molecular flexibility index (Phi) is 4.87. The summed E-state index contributed by atoms with van der Waals surface area (Å²) in [5.74, 6) is 0.709. The van der Waals surface area contributed by atoms with Crippen molar-refractivity contribution in [2.24, 2.45) is 11.3 Å². The third-order valence-electron chi connectivity index (χ3n) is 5.41. The third-order valence-corrected chi connectivity index (χ3v) is 5.41. The lowest BCUT2D eigenvalue weighted by molar-refractivity contribution is -0.149. The first-order valence-corrected chi connectivity index (χ1v) is 8.88. The van der Waals surface area contributed by atoms with Crippen LogP contribution in [0.5, 0.6) is 0 Å². The molecule has 1 amide bonds. The van der Waals surface area contributed by atoms with Crippen molar-refractivity contribution in [2.75, 3.05) is 13.1 Å². The first-order chi connectivity index (χ1) is 11.5. The number of carboxylic acids is 1. The summed E-state index contributed by atoms with van der Waals surface area (Å²) in [4.78, 5) is 30.1. The van der Waals surface area contributed by atoms with Crippen LogP contribution >= 0.6 is 0 Å². The van der Waals surface area contributed by atoms with Gasteiger partial charge in [0.25, 0.3) is 0 Å². The number of carboxylic acid groups (broad SMARTS) is 1. The van der Waals surface area contributed by atoms with Crippen molar-refractivity contribution >= 4 is 11.9 Å². The molecule has 0 bridgehead atoms. The number of amides is 1. The predicted molar refractivity (Wildman–Crippen MR) is 85.2 cm³/mol. The second-order valence-electron chi connectivity index (χ2n) is 7.03. The molecule has 0 unspecified atom stereocenters. The molecule has 0 spiro atoms. The van der Waals surface area contributed by atoms with Gasteiger partial charge in [0.1, 0.15) is 0 Å². The Hall–Kier alpha value is -1.92. The van der Waals surface area contributed by atoms with Gasteiger partial charge in [-0.2, -0.15) is 4.98 Å². The minimum atomic E-state index is -0.741. The Labute approximate surface area is 141 Å². The quantitative estimate of drug-likeness (QED) is 0.819. The number of hydrogen-bond donors (Lipinski definition) is 1. The Balaban J connectivity index is 1.48. The van der Waals surface area contributed by atoms with E-state index in [1.54, 1.807) is 4.90 Å². The molecule has 2 aliphatic rings. The van der Waals surface area contributed by atoms with Crippen molar-refractivity contribution in [1.29, 1.82) is 0 Å². The molecule has 1 aliphatic heterocycles. The first kappa shape index (κ1) is 16.9. The van der Waals surface area contributed by atoms with Crippen molar-refractivity contribution in [3.05, 3.63) is 11.7 Å². The molecule has 2 heterocycles. The van der Waals surface area contributed by atoms with E-state index >= 15 is 0 Å². The van der Waals surface area contributed by atoms with Crippen molar-refractivity contribution in [3.63, 3.8) is 0 Å². The number of rotatable bonds is 7. The Bertz CT molecular complexity index is 615. The fourth-order valence-corrected chi connectivity index (χ4v) is 4.09. The number of aryl methyl sites for hydroxylation is 2. The molecule has 3 rings (SSSR count). The molecular weight excluding hydrogens is 310 g/mol. The summed E-state index contributed by atoms with van der Waals surface area (Å²) in [5, 5.41) is 13.5. The van der Waals surface area contributed by atoms with E-state index in [1.165, 1.54) is 0 Å². The monoisotopic (exact) mass is 335 g/mol. The summed E-state index contributed by atoms with van der Waals surface area (Å²) in [5.41, 5.74) is -0.697. The minimum absolute atomic E-state index is 0.0401. The lowest BCUT2D eigenvalue weighted by Crippen LogP contribution is -2.37. The molecule has 1 aromatic heterocycles. The highest BCUT2D eigenvalue weighted by Gasteiger charge is 2.55. The summed E-state index contributed by atoms with van der Waals surface area (Å²) in [6, 6.07) is 0. The molecule has 1 aliphatic carbocycles. The van der Waals surface area contributed by atoms with Crippen LogP contribution in [-0.4, -0.2) is 45.1 Å². The van der Waals surface area contributed by atoms with Crippen LogP contribution in [0.25, 0.3) is 0 Å². The molecule has 2 fully saturated rings. The van der Waals surface area contributed by atoms with Gasteiger partial charge >= 0.3 is 5.97 Å². The second-order valence-corrected chi connectivity index (χ2v) is 7.03. The van der Waals surface area contributed by atoms with E-state index in [1.807, 2.05) is 0 Å². The van der Waals surface area contributed by atoms with Gasteiger partial charge in [-0.1, -0.05) is 18.5 Å². The molecule has 0 radical (unpaired) electrons. The van der Waals surface area contributed by atoms with Gasteiger partial charge in [0.2, 0.25) is 11.8 Å². The maximum Gasteiger partial charge on any atom is 0.311 e. The van der Waals surface area contributed by atoms with Gasteiger partial charge in [-0.15, -0.1) is 0 Å². The van der Waals surface area contributed by atoms with Crippen LogP contribution in [0.3, 0.4) is 0 Å². The van der Waals surface area contributed by atoms with Gasteiger partial charge < -0.3 is 14.5 Å². The third kappa shape index (κ3) is 3.16. The lowest BCUT2D eigenvalue weighted by atomic mass is 9.81. The van der Waals surface area contributed by atoms with E-state index in [0.29, 0.717) is 44.7 Å². The number of aromatic nitrogens is 2.